The summed E-state index contributed by atoms with van der Waals surface area (Å²) in [6, 6.07) is 0. The van der Waals surface area contributed by atoms with Crippen molar-refractivity contribution in [3.8, 4) is 0 Å². The van der Waals surface area contributed by atoms with Gasteiger partial charge in [-0.2, -0.15) is 0 Å². The van der Waals surface area contributed by atoms with Crippen LogP contribution in [-0.4, -0.2) is 98.8 Å². The van der Waals surface area contributed by atoms with Gasteiger partial charge in [0.05, 0.1) is 37.1 Å². The van der Waals surface area contributed by atoms with Crippen LogP contribution < -0.4 is 0 Å². The van der Waals surface area contributed by atoms with E-state index in [9.17, 15) is 30.6 Å². The number of rotatable bonds is 9. The van der Waals surface area contributed by atoms with Crippen molar-refractivity contribution in [2.24, 2.45) is 5.92 Å². The third kappa shape index (κ3) is 7.17. The largest absolute Gasteiger partial charge is 0.394 e. The van der Waals surface area contributed by atoms with Gasteiger partial charge in [0, 0.05) is 5.92 Å². The van der Waals surface area contributed by atoms with Gasteiger partial charge in [0.2, 0.25) is 12.6 Å². The van der Waals surface area contributed by atoms with Crippen molar-refractivity contribution in [1.29, 1.82) is 0 Å². The molecule has 10 nitrogen and oxygen atoms in total. The maximum atomic E-state index is 10.2. The molecule has 0 bridgehead atoms. The fourth-order valence-electron chi connectivity index (χ4n) is 2.67. The van der Waals surface area contributed by atoms with Crippen molar-refractivity contribution in [3.63, 3.8) is 0 Å². The molecule has 162 valence electrons. The molecular weight excluding hydrogens is 364 g/mol. The summed E-state index contributed by atoms with van der Waals surface area (Å²) >= 11 is 0. The standard InChI is InChI=1S/C17H34O10/c1-8-10(6-18)25-15(13(21)12(8)20)24-9(2)11(7-19)26-16(14(22)23)27-17(3,4)5/h8-16,18-23H,6-7H2,1-5H3/t8?,9?,10?,11?,12?,13?,15?,16-/m1/s1. The quantitative estimate of drug-likeness (QED) is 0.247. The molecule has 27 heavy (non-hydrogen) atoms. The second-order valence-corrected chi connectivity index (χ2v) is 7.78. The lowest BCUT2D eigenvalue weighted by Crippen LogP contribution is -2.57. The number of hydrogen-bond donors (Lipinski definition) is 6. The molecule has 6 N–H and O–H groups in total. The topological polar surface area (TPSA) is 158 Å². The molecule has 0 radical (unpaired) electrons. The highest BCUT2D eigenvalue weighted by atomic mass is 16.7. The number of aliphatic hydroxyl groups excluding tert-OH is 5. The second-order valence-electron chi connectivity index (χ2n) is 7.78. The number of ether oxygens (including phenoxy) is 4. The van der Waals surface area contributed by atoms with Crippen LogP contribution in [0.25, 0.3) is 0 Å². The molecule has 8 atom stereocenters. The van der Waals surface area contributed by atoms with Crippen molar-refractivity contribution in [1.82, 2.24) is 0 Å². The first-order chi connectivity index (χ1) is 12.4. The molecule has 1 saturated heterocycles. The minimum atomic E-state index is -1.96. The highest BCUT2D eigenvalue weighted by Gasteiger charge is 2.44. The molecule has 1 aliphatic rings. The maximum Gasteiger partial charge on any atom is 0.209 e. The van der Waals surface area contributed by atoms with Gasteiger partial charge in [-0.15, -0.1) is 0 Å². The summed E-state index contributed by atoms with van der Waals surface area (Å²) in [7, 11) is 0. The fourth-order valence-corrected chi connectivity index (χ4v) is 2.67. The summed E-state index contributed by atoms with van der Waals surface area (Å²) in [5.74, 6) is -0.501. The molecule has 0 aliphatic carbocycles. The van der Waals surface area contributed by atoms with Gasteiger partial charge in [0.1, 0.15) is 12.2 Å². The van der Waals surface area contributed by atoms with E-state index in [1.54, 1.807) is 27.7 Å². The fraction of sp³-hybridized carbons (Fsp3) is 1.00. The van der Waals surface area contributed by atoms with Gasteiger partial charge in [-0.05, 0) is 27.7 Å². The van der Waals surface area contributed by atoms with E-state index in [-0.39, 0.29) is 6.61 Å². The maximum absolute atomic E-state index is 10.2. The van der Waals surface area contributed by atoms with E-state index in [4.69, 9.17) is 18.9 Å². The van der Waals surface area contributed by atoms with E-state index in [0.29, 0.717) is 0 Å². The molecule has 1 heterocycles. The van der Waals surface area contributed by atoms with Crippen molar-refractivity contribution in [2.45, 2.75) is 89.6 Å². The zero-order chi connectivity index (χ0) is 20.9. The zero-order valence-corrected chi connectivity index (χ0v) is 16.4. The third-order valence-corrected chi connectivity index (χ3v) is 4.32. The van der Waals surface area contributed by atoms with E-state index in [2.05, 4.69) is 0 Å². The Morgan fingerprint density at radius 2 is 1.67 bits per heavy atom. The molecule has 10 heteroatoms. The summed E-state index contributed by atoms with van der Waals surface area (Å²) in [6.45, 7) is 7.34. The zero-order valence-electron chi connectivity index (χ0n) is 16.4. The van der Waals surface area contributed by atoms with Gasteiger partial charge in [0.25, 0.3) is 0 Å². The first-order valence-corrected chi connectivity index (χ1v) is 8.99. The molecule has 0 saturated carbocycles. The van der Waals surface area contributed by atoms with Crippen LogP contribution in [0.15, 0.2) is 0 Å². The summed E-state index contributed by atoms with van der Waals surface area (Å²) in [6.07, 6.45) is -9.84. The Hall–Kier alpha value is -0.400. The first-order valence-electron chi connectivity index (χ1n) is 8.99. The van der Waals surface area contributed by atoms with Gasteiger partial charge in [-0.25, -0.2) is 0 Å². The summed E-state index contributed by atoms with van der Waals surface area (Å²) in [5.41, 5.74) is -0.740. The molecule has 1 rings (SSSR count). The van der Waals surface area contributed by atoms with Crippen molar-refractivity contribution in [2.75, 3.05) is 13.2 Å². The third-order valence-electron chi connectivity index (χ3n) is 4.32. The SMILES string of the molecule is CC(OC1OC(CO)C(C)C(O)C1O)C(CO)O[C@H](OC(C)(C)C)C(O)O. The average Bonchev–Trinajstić information content (AvgIpc) is 2.57. The Morgan fingerprint density at radius 3 is 2.11 bits per heavy atom. The van der Waals surface area contributed by atoms with E-state index < -0.39 is 67.5 Å². The summed E-state index contributed by atoms with van der Waals surface area (Å²) in [5, 5.41) is 58.1. The lowest BCUT2D eigenvalue weighted by molar-refractivity contribution is -0.332. The van der Waals surface area contributed by atoms with Gasteiger partial charge in [0.15, 0.2) is 6.29 Å². The van der Waals surface area contributed by atoms with Gasteiger partial charge in [-0.3, -0.25) is 0 Å². The van der Waals surface area contributed by atoms with Crippen molar-refractivity contribution in [3.05, 3.63) is 0 Å². The molecule has 1 aliphatic heterocycles. The monoisotopic (exact) mass is 398 g/mol. The van der Waals surface area contributed by atoms with Crippen LogP contribution in [-0.2, 0) is 18.9 Å². The predicted molar refractivity (Wildman–Crippen MR) is 92.3 cm³/mol. The number of hydrogen-bond acceptors (Lipinski definition) is 10. The minimum Gasteiger partial charge on any atom is -0.394 e. The average molecular weight is 398 g/mol. The van der Waals surface area contributed by atoms with E-state index >= 15 is 0 Å². The molecule has 7 unspecified atom stereocenters. The Balaban J connectivity index is 2.77. The summed E-state index contributed by atoms with van der Waals surface area (Å²) < 4.78 is 21.9. The molecule has 0 aromatic carbocycles. The van der Waals surface area contributed by atoms with Gasteiger partial charge < -0.3 is 49.6 Å². The lowest BCUT2D eigenvalue weighted by Gasteiger charge is -2.42. The Kier molecular flexibility index (Phi) is 9.49. The highest BCUT2D eigenvalue weighted by Crippen LogP contribution is 2.28. The molecule has 0 aromatic heterocycles. The summed E-state index contributed by atoms with van der Waals surface area (Å²) in [4.78, 5) is 0. The molecule has 1 fully saturated rings. The van der Waals surface area contributed by atoms with Crippen molar-refractivity contribution < 1.29 is 49.6 Å². The van der Waals surface area contributed by atoms with Crippen LogP contribution in [0, 0.1) is 5.92 Å². The van der Waals surface area contributed by atoms with Crippen LogP contribution in [0.5, 0.6) is 0 Å². The minimum absolute atomic E-state index is 0.364. The van der Waals surface area contributed by atoms with Crippen LogP contribution in [0.1, 0.15) is 34.6 Å². The molecule has 0 amide bonds. The Bertz CT molecular complexity index is 424. The smallest absolute Gasteiger partial charge is 0.209 e. The van der Waals surface area contributed by atoms with Crippen LogP contribution in [0.3, 0.4) is 0 Å². The van der Waals surface area contributed by atoms with Gasteiger partial charge in [-0.1, -0.05) is 6.92 Å². The molecule has 0 aromatic rings. The lowest BCUT2D eigenvalue weighted by atomic mass is 9.91. The van der Waals surface area contributed by atoms with E-state index in [1.165, 1.54) is 6.92 Å². The molecule has 0 spiro atoms. The van der Waals surface area contributed by atoms with Gasteiger partial charge >= 0.3 is 0 Å². The Labute approximate surface area is 159 Å². The first kappa shape index (κ1) is 24.6. The number of aliphatic hydroxyl groups is 6. The van der Waals surface area contributed by atoms with E-state index in [1.807, 2.05) is 0 Å². The normalized spacial score (nSPS) is 33.1. The Morgan fingerprint density at radius 1 is 1.07 bits per heavy atom. The molecular formula is C17H34O10. The highest BCUT2D eigenvalue weighted by molar-refractivity contribution is 4.87. The van der Waals surface area contributed by atoms with Crippen LogP contribution in [0.2, 0.25) is 0 Å². The second kappa shape index (κ2) is 10.4. The predicted octanol–water partition coefficient (Wildman–Crippen LogP) is -1.70. The van der Waals surface area contributed by atoms with E-state index in [0.717, 1.165) is 0 Å². The van der Waals surface area contributed by atoms with Crippen molar-refractivity contribution >= 4 is 0 Å². The van der Waals surface area contributed by atoms with Crippen LogP contribution in [0.4, 0.5) is 0 Å². The van der Waals surface area contributed by atoms with Crippen LogP contribution >= 0.6 is 0 Å².